The quantitative estimate of drug-likeness (QED) is 0.355. The van der Waals surface area contributed by atoms with Crippen LogP contribution in [0.25, 0.3) is 10.9 Å². The lowest BCUT2D eigenvalue weighted by Gasteiger charge is -2.03. The maximum absolute atomic E-state index is 10.4. The lowest BCUT2D eigenvalue weighted by atomic mass is 10.1. The molecular weight excluding hydrogens is 308 g/mol. The Balaban J connectivity index is 0.000000257. The Labute approximate surface area is 141 Å². The molecule has 0 radical (unpaired) electrons. The molecule has 2 aromatic rings. The minimum absolute atomic E-state index is 0.408. The topological polar surface area (TPSA) is 148 Å². The summed E-state index contributed by atoms with van der Waals surface area (Å²) in [6.07, 6.45) is 5.45. The molecule has 0 aliphatic carbocycles. The van der Waals surface area contributed by atoms with E-state index in [1.807, 2.05) is 30.5 Å². The third-order valence-electron chi connectivity index (χ3n) is 3.59. The lowest BCUT2D eigenvalue weighted by Crippen LogP contribution is -2.29. The molecule has 7 heteroatoms. The summed E-state index contributed by atoms with van der Waals surface area (Å²) in [6.45, 7) is 0.604. The van der Waals surface area contributed by atoms with Gasteiger partial charge in [0.1, 0.15) is 12.3 Å². The predicted octanol–water partition coefficient (Wildman–Crippen LogP) is 0.764. The Kier molecular flexibility index (Phi) is 8.70. The molecule has 0 saturated carbocycles. The van der Waals surface area contributed by atoms with E-state index in [4.69, 9.17) is 22.3 Å². The molecule has 7 nitrogen and oxygen atoms in total. The Hall–Kier alpha value is -2.22. The number of para-hydroxylation sites is 1. The van der Waals surface area contributed by atoms with Crippen LogP contribution < -0.4 is 17.2 Å². The van der Waals surface area contributed by atoms with E-state index in [0.29, 0.717) is 19.4 Å². The average molecular weight is 334 g/mol. The summed E-state index contributed by atoms with van der Waals surface area (Å²) >= 11 is 0. The number of carbonyl (C=O) groups excluding carboxylic acids is 1. The summed E-state index contributed by atoms with van der Waals surface area (Å²) in [7, 11) is 0. The van der Waals surface area contributed by atoms with Crippen LogP contribution in [0.1, 0.15) is 24.8 Å². The van der Waals surface area contributed by atoms with Gasteiger partial charge < -0.3 is 32.1 Å². The number of aromatic amines is 1. The third kappa shape index (κ3) is 6.49. The molecule has 1 aromatic carbocycles. The fourth-order valence-corrected chi connectivity index (χ4v) is 2.23. The third-order valence-corrected chi connectivity index (χ3v) is 3.59. The second kappa shape index (κ2) is 10.5. The van der Waals surface area contributed by atoms with Crippen LogP contribution in [0.3, 0.4) is 0 Å². The molecule has 2 atom stereocenters. The fourth-order valence-electron chi connectivity index (χ4n) is 2.23. The Morgan fingerprint density at radius 1 is 1.25 bits per heavy atom. The number of fused-ring (bicyclic) bond motifs is 1. The van der Waals surface area contributed by atoms with Gasteiger partial charge in [0.15, 0.2) is 0 Å². The highest BCUT2D eigenvalue weighted by Gasteiger charge is 2.09. The number of carboxylic acid groups (broad SMARTS) is 1. The van der Waals surface area contributed by atoms with Gasteiger partial charge >= 0.3 is 5.97 Å². The van der Waals surface area contributed by atoms with Crippen molar-refractivity contribution in [2.24, 2.45) is 17.2 Å². The number of unbranched alkanes of at least 4 members (excludes halogenated alkanes) is 1. The number of carboxylic acids is 1. The van der Waals surface area contributed by atoms with Crippen LogP contribution in [-0.2, 0) is 16.0 Å². The summed E-state index contributed by atoms with van der Waals surface area (Å²) in [4.78, 5) is 23.7. The molecular formula is C17H26N4O3. The summed E-state index contributed by atoms with van der Waals surface area (Å²) in [5, 5.41) is 9.47. The molecule has 0 aliphatic rings. The standard InChI is InChI=1S/C11H12N2O.C6H14N2O2/c12-9(7-14)5-8-6-13-11-4-2-1-3-10(8)11;7-4-2-1-3-5(8)6(9)10/h1-4,6-7,9,13H,5,12H2;5H,1-4,7-8H2,(H,9,10)/t9-;5-/m00/s1. The molecule has 2 rings (SSSR count). The molecule has 1 heterocycles. The van der Waals surface area contributed by atoms with Crippen molar-refractivity contribution in [3.05, 3.63) is 36.0 Å². The van der Waals surface area contributed by atoms with E-state index in [1.54, 1.807) is 0 Å². The van der Waals surface area contributed by atoms with Crippen LogP contribution in [0, 0.1) is 0 Å². The van der Waals surface area contributed by atoms with Crippen molar-refractivity contribution >= 4 is 23.2 Å². The van der Waals surface area contributed by atoms with Gasteiger partial charge in [-0.3, -0.25) is 4.79 Å². The molecule has 24 heavy (non-hydrogen) atoms. The van der Waals surface area contributed by atoms with Crippen molar-refractivity contribution in [3.63, 3.8) is 0 Å². The van der Waals surface area contributed by atoms with Crippen molar-refractivity contribution in [1.82, 2.24) is 4.98 Å². The highest BCUT2D eigenvalue weighted by atomic mass is 16.4. The molecule has 0 amide bonds. The van der Waals surface area contributed by atoms with Crippen LogP contribution in [0.4, 0.5) is 0 Å². The molecule has 0 unspecified atom stereocenters. The van der Waals surface area contributed by atoms with Crippen LogP contribution in [0.2, 0.25) is 0 Å². The maximum atomic E-state index is 10.4. The van der Waals surface area contributed by atoms with Crippen LogP contribution in [-0.4, -0.2) is 41.0 Å². The summed E-state index contributed by atoms with van der Waals surface area (Å²) in [6, 6.07) is 6.86. The summed E-state index contributed by atoms with van der Waals surface area (Å²) in [5.41, 5.74) is 18.2. The summed E-state index contributed by atoms with van der Waals surface area (Å²) in [5.74, 6) is -0.933. The largest absolute Gasteiger partial charge is 0.480 e. The van der Waals surface area contributed by atoms with Crippen molar-refractivity contribution in [2.45, 2.75) is 37.8 Å². The first-order chi connectivity index (χ1) is 11.5. The van der Waals surface area contributed by atoms with Gasteiger partial charge in [0.05, 0.1) is 6.04 Å². The fraction of sp³-hybridized carbons (Fsp3) is 0.412. The van der Waals surface area contributed by atoms with Crippen molar-refractivity contribution in [2.75, 3.05) is 6.54 Å². The van der Waals surface area contributed by atoms with Gasteiger partial charge in [0.25, 0.3) is 0 Å². The number of aldehydes is 1. The van der Waals surface area contributed by atoms with E-state index < -0.39 is 18.1 Å². The zero-order valence-electron chi connectivity index (χ0n) is 13.7. The Morgan fingerprint density at radius 2 is 1.96 bits per heavy atom. The Bertz CT molecular complexity index is 642. The SMILES string of the molecule is NCCCC[C@H](N)C(=O)O.N[C@H](C=O)Cc1c[nH]c2ccccc12. The predicted molar refractivity (Wildman–Crippen MR) is 94.6 cm³/mol. The van der Waals surface area contributed by atoms with Gasteiger partial charge in [-0.2, -0.15) is 0 Å². The first-order valence-corrected chi connectivity index (χ1v) is 7.94. The molecule has 0 bridgehead atoms. The molecule has 0 saturated heterocycles. The van der Waals surface area contributed by atoms with Crippen molar-refractivity contribution in [3.8, 4) is 0 Å². The molecule has 132 valence electrons. The number of hydrogen-bond donors (Lipinski definition) is 5. The number of carbonyl (C=O) groups is 2. The van der Waals surface area contributed by atoms with Crippen molar-refractivity contribution < 1.29 is 14.7 Å². The zero-order valence-corrected chi connectivity index (χ0v) is 13.7. The average Bonchev–Trinajstić information content (AvgIpc) is 2.98. The number of hydrogen-bond acceptors (Lipinski definition) is 5. The van der Waals surface area contributed by atoms with E-state index >= 15 is 0 Å². The van der Waals surface area contributed by atoms with Crippen LogP contribution >= 0.6 is 0 Å². The zero-order chi connectivity index (χ0) is 17.9. The number of aromatic nitrogens is 1. The highest BCUT2D eigenvalue weighted by molar-refractivity contribution is 5.83. The van der Waals surface area contributed by atoms with E-state index in [0.717, 1.165) is 35.6 Å². The lowest BCUT2D eigenvalue weighted by molar-refractivity contribution is -0.138. The first kappa shape index (κ1) is 19.8. The number of rotatable bonds is 8. The van der Waals surface area contributed by atoms with Crippen molar-refractivity contribution in [1.29, 1.82) is 0 Å². The van der Waals surface area contributed by atoms with E-state index in [1.165, 1.54) is 0 Å². The highest BCUT2D eigenvalue weighted by Crippen LogP contribution is 2.18. The van der Waals surface area contributed by atoms with Gasteiger partial charge in [-0.15, -0.1) is 0 Å². The summed E-state index contributed by atoms with van der Waals surface area (Å²) < 4.78 is 0. The van der Waals surface area contributed by atoms with Gasteiger partial charge in [0, 0.05) is 17.1 Å². The monoisotopic (exact) mass is 334 g/mol. The number of H-pyrrole nitrogens is 1. The van der Waals surface area contributed by atoms with Gasteiger partial charge in [-0.25, -0.2) is 0 Å². The molecule has 0 spiro atoms. The first-order valence-electron chi connectivity index (χ1n) is 7.94. The van der Waals surface area contributed by atoms with Gasteiger partial charge in [-0.1, -0.05) is 24.6 Å². The van der Waals surface area contributed by atoms with Crippen LogP contribution in [0.5, 0.6) is 0 Å². The second-order valence-electron chi connectivity index (χ2n) is 5.59. The normalized spacial score (nSPS) is 13.0. The molecule has 8 N–H and O–H groups in total. The smallest absolute Gasteiger partial charge is 0.320 e. The van der Waals surface area contributed by atoms with Gasteiger partial charge in [-0.05, 0) is 37.4 Å². The van der Waals surface area contributed by atoms with E-state index in [9.17, 15) is 9.59 Å². The molecule has 0 aliphatic heterocycles. The molecule has 1 aromatic heterocycles. The number of nitrogens with one attached hydrogen (secondary N) is 1. The minimum Gasteiger partial charge on any atom is -0.480 e. The minimum atomic E-state index is -0.933. The number of benzene rings is 1. The van der Waals surface area contributed by atoms with Crippen LogP contribution in [0.15, 0.2) is 30.5 Å². The van der Waals surface area contributed by atoms with E-state index in [2.05, 4.69) is 4.98 Å². The molecule has 0 fully saturated rings. The number of aliphatic carboxylic acids is 1. The van der Waals surface area contributed by atoms with E-state index in [-0.39, 0.29) is 0 Å². The second-order valence-corrected chi connectivity index (χ2v) is 5.59. The Morgan fingerprint density at radius 3 is 2.58 bits per heavy atom. The van der Waals surface area contributed by atoms with Gasteiger partial charge in [0.2, 0.25) is 0 Å². The maximum Gasteiger partial charge on any atom is 0.320 e. The number of nitrogens with two attached hydrogens (primary N) is 3.